The molecule has 0 saturated carbocycles. The van der Waals surface area contributed by atoms with E-state index in [9.17, 15) is 9.59 Å². The van der Waals surface area contributed by atoms with Crippen molar-refractivity contribution in [1.29, 1.82) is 0 Å². The van der Waals surface area contributed by atoms with Gasteiger partial charge in [0, 0.05) is 37.2 Å². The number of anilines is 1. The largest absolute Gasteiger partial charge is 0.423 e. The summed E-state index contributed by atoms with van der Waals surface area (Å²) in [5.41, 5.74) is 6.50. The van der Waals surface area contributed by atoms with Crippen molar-refractivity contribution in [2.45, 2.75) is 51.2 Å². The molecular weight excluding hydrogens is 515 g/mol. The molecule has 0 aliphatic carbocycles. The van der Waals surface area contributed by atoms with Crippen LogP contribution in [0.4, 0.5) is 10.2 Å². The molecule has 6 rings (SSSR count). The van der Waals surface area contributed by atoms with Crippen molar-refractivity contribution in [3.05, 3.63) is 70.8 Å². The molecular formula is C29H33FN6O4. The molecule has 1 aromatic heterocycles. The fourth-order valence-corrected chi connectivity index (χ4v) is 5.81. The molecule has 3 aliphatic heterocycles. The molecule has 2 aromatic carbocycles. The Morgan fingerprint density at radius 2 is 1.82 bits per heavy atom. The Kier molecular flexibility index (Phi) is 7.26. The Bertz CT molecular complexity index is 1410. The summed E-state index contributed by atoms with van der Waals surface area (Å²) >= 11 is 0. The highest BCUT2D eigenvalue weighted by Gasteiger charge is 2.37. The van der Waals surface area contributed by atoms with Gasteiger partial charge in [0.1, 0.15) is 23.4 Å². The standard InChI is InChI=1S/C29H33FN6O4/c1-3-18-15-21-23(16-25(18)40-29(38)28(37)39-20-7-5-4-6-8-20)33-36(30)26(21)27-31-22-11-14-35(17-24(22)32-27)19-9-12-34(2)13-10-19/h4-8,15-16,19,26,33H,3,9-14,17H2,1-2H3,(H,31,32). The Balaban J connectivity index is 1.19. The average Bonchev–Trinajstić information content (AvgIpc) is 3.52. The van der Waals surface area contributed by atoms with E-state index < -0.39 is 18.0 Å². The number of nitrogens with one attached hydrogen (secondary N) is 2. The van der Waals surface area contributed by atoms with Gasteiger partial charge >= 0.3 is 11.9 Å². The fraction of sp³-hybridized carbons (Fsp3) is 0.414. The summed E-state index contributed by atoms with van der Waals surface area (Å²) in [7, 11) is 2.17. The van der Waals surface area contributed by atoms with E-state index in [0.717, 1.165) is 56.8 Å². The normalized spacial score (nSPS) is 20.0. The van der Waals surface area contributed by atoms with Crippen molar-refractivity contribution in [2.24, 2.45) is 0 Å². The minimum atomic E-state index is -1.15. The second-order valence-electron chi connectivity index (χ2n) is 10.6. The van der Waals surface area contributed by atoms with Crippen molar-refractivity contribution in [3.63, 3.8) is 0 Å². The number of hydrazine groups is 1. The van der Waals surface area contributed by atoms with Crippen LogP contribution in [-0.2, 0) is 29.0 Å². The highest BCUT2D eigenvalue weighted by atomic mass is 19.2. The third-order valence-electron chi connectivity index (χ3n) is 8.03. The first-order chi connectivity index (χ1) is 19.4. The highest BCUT2D eigenvalue weighted by Crippen LogP contribution is 2.43. The first-order valence-corrected chi connectivity index (χ1v) is 13.8. The summed E-state index contributed by atoms with van der Waals surface area (Å²) in [4.78, 5) is 37.9. The number of aromatic amines is 1. The second kappa shape index (κ2) is 11.0. The van der Waals surface area contributed by atoms with Crippen molar-refractivity contribution >= 4 is 17.6 Å². The number of imidazole rings is 1. The second-order valence-corrected chi connectivity index (χ2v) is 10.6. The van der Waals surface area contributed by atoms with E-state index in [1.54, 1.807) is 42.5 Å². The first kappa shape index (κ1) is 26.4. The van der Waals surface area contributed by atoms with E-state index in [1.165, 1.54) is 0 Å². The quantitative estimate of drug-likeness (QED) is 0.214. The summed E-state index contributed by atoms with van der Waals surface area (Å²) in [6, 6.07) is 11.4. The lowest BCUT2D eigenvalue weighted by atomic mass is 10.0. The number of para-hydroxylation sites is 1. The number of halogens is 1. The molecule has 2 N–H and O–H groups in total. The molecule has 0 amide bonds. The maximum absolute atomic E-state index is 15.3. The number of esters is 2. The number of hydrogen-bond donors (Lipinski definition) is 2. The van der Waals surface area contributed by atoms with E-state index in [0.29, 0.717) is 40.3 Å². The van der Waals surface area contributed by atoms with Crippen LogP contribution in [-0.4, -0.2) is 69.7 Å². The number of carbonyl (C=O) groups is 2. The molecule has 0 radical (unpaired) electrons. The topological polar surface area (TPSA) is 103 Å². The maximum Gasteiger partial charge on any atom is 0.423 e. The number of rotatable bonds is 5. The van der Waals surface area contributed by atoms with Crippen LogP contribution in [0.2, 0.25) is 0 Å². The van der Waals surface area contributed by atoms with Crippen LogP contribution in [0.25, 0.3) is 0 Å². The van der Waals surface area contributed by atoms with Gasteiger partial charge in [-0.25, -0.2) is 14.6 Å². The van der Waals surface area contributed by atoms with E-state index >= 15 is 4.48 Å². The molecule has 1 saturated heterocycles. The van der Waals surface area contributed by atoms with Crippen LogP contribution in [0.15, 0.2) is 42.5 Å². The van der Waals surface area contributed by atoms with E-state index in [4.69, 9.17) is 14.5 Å². The number of hydrogen-bond acceptors (Lipinski definition) is 9. The van der Waals surface area contributed by atoms with E-state index in [-0.39, 0.29) is 11.5 Å². The Hall–Kier alpha value is -3.80. The third-order valence-corrected chi connectivity index (χ3v) is 8.03. The molecule has 11 heteroatoms. The van der Waals surface area contributed by atoms with Gasteiger partial charge in [-0.1, -0.05) is 25.1 Å². The van der Waals surface area contributed by atoms with Crippen LogP contribution in [0.5, 0.6) is 11.5 Å². The number of likely N-dealkylation sites (tertiary alicyclic amines) is 1. The van der Waals surface area contributed by atoms with Crippen LogP contribution in [0.1, 0.15) is 54.1 Å². The number of nitrogens with zero attached hydrogens (tertiary/aromatic N) is 4. The van der Waals surface area contributed by atoms with Gasteiger partial charge in [-0.05, 0) is 68.4 Å². The zero-order valence-corrected chi connectivity index (χ0v) is 22.7. The fourth-order valence-electron chi connectivity index (χ4n) is 5.81. The molecule has 210 valence electrons. The number of carbonyl (C=O) groups excluding carboxylic acids is 2. The molecule has 1 atom stereocenters. The van der Waals surface area contributed by atoms with Gasteiger partial charge < -0.3 is 19.4 Å². The number of aryl methyl sites for hydroxylation is 1. The lowest BCUT2D eigenvalue weighted by Gasteiger charge is -2.38. The van der Waals surface area contributed by atoms with Crippen molar-refractivity contribution in [3.8, 4) is 11.5 Å². The van der Waals surface area contributed by atoms with Gasteiger partial charge in [-0.3, -0.25) is 10.3 Å². The minimum absolute atomic E-state index is 0.172. The van der Waals surface area contributed by atoms with Crippen molar-refractivity contribution in [2.75, 3.05) is 32.1 Å². The summed E-state index contributed by atoms with van der Waals surface area (Å²) in [5, 5.41) is 0.512. The molecule has 0 spiro atoms. The number of fused-ring (bicyclic) bond motifs is 2. The molecule has 40 heavy (non-hydrogen) atoms. The monoisotopic (exact) mass is 548 g/mol. The molecule has 3 aliphatic rings. The Morgan fingerprint density at radius 1 is 1.07 bits per heavy atom. The van der Waals surface area contributed by atoms with E-state index in [2.05, 4.69) is 27.3 Å². The SMILES string of the molecule is CCc1cc2c(cc1OC(=O)C(=O)Oc1ccccc1)NN(F)C2c1nc2c([nH]1)CN(C1CCN(C)CC1)CC2. The molecule has 0 bridgehead atoms. The van der Waals surface area contributed by atoms with E-state index in [1.807, 2.05) is 6.92 Å². The number of aromatic nitrogens is 2. The zero-order valence-electron chi connectivity index (χ0n) is 22.7. The number of benzene rings is 2. The van der Waals surface area contributed by atoms with Gasteiger partial charge in [0.2, 0.25) is 0 Å². The van der Waals surface area contributed by atoms with Gasteiger partial charge in [0.05, 0.1) is 17.1 Å². The molecule has 1 fully saturated rings. The molecule has 10 nitrogen and oxygen atoms in total. The number of piperidine rings is 1. The van der Waals surface area contributed by atoms with Crippen molar-refractivity contribution < 1.29 is 23.5 Å². The first-order valence-electron chi connectivity index (χ1n) is 13.8. The summed E-state index contributed by atoms with van der Waals surface area (Å²) in [6.45, 7) is 5.84. The predicted octanol–water partition coefficient (Wildman–Crippen LogP) is 3.55. The minimum Gasteiger partial charge on any atom is -0.418 e. The predicted molar refractivity (Wildman–Crippen MR) is 145 cm³/mol. The lowest BCUT2D eigenvalue weighted by molar-refractivity contribution is -0.156. The van der Waals surface area contributed by atoms with Crippen LogP contribution >= 0.6 is 0 Å². The smallest absolute Gasteiger partial charge is 0.418 e. The van der Waals surface area contributed by atoms with Gasteiger partial charge in [0.15, 0.2) is 0 Å². The summed E-state index contributed by atoms with van der Waals surface area (Å²) < 4.78 is 25.8. The lowest BCUT2D eigenvalue weighted by Crippen LogP contribution is -2.45. The number of ether oxygens (including phenoxy) is 2. The highest BCUT2D eigenvalue weighted by molar-refractivity contribution is 6.31. The maximum atomic E-state index is 15.3. The summed E-state index contributed by atoms with van der Waals surface area (Å²) in [6.07, 6.45) is 3.64. The van der Waals surface area contributed by atoms with Crippen LogP contribution in [0, 0.1) is 0 Å². The number of H-pyrrole nitrogens is 1. The zero-order chi connectivity index (χ0) is 27.8. The van der Waals surface area contributed by atoms with Crippen LogP contribution < -0.4 is 14.9 Å². The average molecular weight is 549 g/mol. The summed E-state index contributed by atoms with van der Waals surface area (Å²) in [5.74, 6) is -1.35. The third kappa shape index (κ3) is 5.19. The van der Waals surface area contributed by atoms with Gasteiger partial charge in [-0.2, -0.15) is 0 Å². The Labute approximate surface area is 232 Å². The van der Waals surface area contributed by atoms with Crippen LogP contribution in [0.3, 0.4) is 0 Å². The van der Waals surface area contributed by atoms with Gasteiger partial charge in [-0.15, -0.1) is 4.48 Å². The molecule has 3 aromatic rings. The van der Waals surface area contributed by atoms with Gasteiger partial charge in [0.25, 0.3) is 0 Å². The molecule has 1 unspecified atom stereocenters. The molecule has 4 heterocycles. The van der Waals surface area contributed by atoms with Crippen molar-refractivity contribution in [1.82, 2.24) is 25.0 Å². The Morgan fingerprint density at radius 3 is 2.58 bits per heavy atom.